The molecule has 3 nitrogen and oxygen atoms in total. The van der Waals surface area contributed by atoms with E-state index in [9.17, 15) is 4.79 Å². The first-order valence-corrected chi connectivity index (χ1v) is 8.99. The number of hydrogen-bond donors (Lipinski definition) is 0. The third-order valence-electron chi connectivity index (χ3n) is 4.74. The van der Waals surface area contributed by atoms with Gasteiger partial charge in [-0.2, -0.15) is 0 Å². The number of carbonyl (C=O) groups excluding carboxylic acids is 1. The number of esters is 1. The van der Waals surface area contributed by atoms with Crippen molar-refractivity contribution < 1.29 is 9.53 Å². The van der Waals surface area contributed by atoms with Gasteiger partial charge >= 0.3 is 5.97 Å². The van der Waals surface area contributed by atoms with Crippen LogP contribution in [0.2, 0.25) is 0 Å². The monoisotopic (exact) mass is 335 g/mol. The summed E-state index contributed by atoms with van der Waals surface area (Å²) < 4.78 is 5.38. The van der Waals surface area contributed by atoms with E-state index in [0.29, 0.717) is 12.2 Å². The van der Waals surface area contributed by atoms with Gasteiger partial charge in [-0.15, -0.1) is 0 Å². The van der Waals surface area contributed by atoms with E-state index in [4.69, 9.17) is 4.74 Å². The van der Waals surface area contributed by atoms with Gasteiger partial charge in [0.15, 0.2) is 0 Å². The molecule has 0 aliphatic carbocycles. The summed E-state index contributed by atoms with van der Waals surface area (Å²) in [5.74, 6) is -0.226. The second-order valence-corrected chi connectivity index (χ2v) is 6.29. The molecule has 1 fully saturated rings. The zero-order chi connectivity index (χ0) is 17.6. The molecule has 3 rings (SSSR count). The fourth-order valence-electron chi connectivity index (χ4n) is 3.51. The van der Waals surface area contributed by atoms with E-state index in [0.717, 1.165) is 30.6 Å². The molecule has 0 amide bonds. The number of benzene rings is 2. The number of likely N-dealkylation sites (tertiary alicyclic amines) is 1. The number of rotatable bonds is 5. The summed E-state index contributed by atoms with van der Waals surface area (Å²) in [6, 6.07) is 20.6. The van der Waals surface area contributed by atoms with Gasteiger partial charge in [-0.3, -0.25) is 0 Å². The highest BCUT2D eigenvalue weighted by Gasteiger charge is 2.29. The van der Waals surface area contributed by atoms with Crippen LogP contribution in [0.15, 0.2) is 66.4 Å². The molecule has 0 spiro atoms. The van der Waals surface area contributed by atoms with Gasteiger partial charge in [-0.1, -0.05) is 60.7 Å². The van der Waals surface area contributed by atoms with Crippen LogP contribution in [-0.4, -0.2) is 24.0 Å². The molecule has 0 N–H and O–H groups in total. The molecule has 2 aromatic carbocycles. The van der Waals surface area contributed by atoms with Crippen LogP contribution in [0.5, 0.6) is 0 Å². The van der Waals surface area contributed by atoms with Crippen molar-refractivity contribution in [3.8, 4) is 0 Å². The van der Waals surface area contributed by atoms with E-state index in [1.165, 1.54) is 5.56 Å². The van der Waals surface area contributed by atoms with E-state index < -0.39 is 0 Å². The van der Waals surface area contributed by atoms with Crippen LogP contribution in [0.25, 0.3) is 5.57 Å². The molecule has 1 heterocycles. The Bertz CT molecular complexity index is 737. The van der Waals surface area contributed by atoms with Gasteiger partial charge in [0.1, 0.15) is 0 Å². The average Bonchev–Trinajstić information content (AvgIpc) is 3.12. The molecular weight excluding hydrogens is 310 g/mol. The van der Waals surface area contributed by atoms with Gasteiger partial charge < -0.3 is 9.64 Å². The Morgan fingerprint density at radius 1 is 1.08 bits per heavy atom. The summed E-state index contributed by atoms with van der Waals surface area (Å²) in [6.45, 7) is 5.40. The van der Waals surface area contributed by atoms with Crippen LogP contribution in [-0.2, 0) is 9.53 Å². The van der Waals surface area contributed by atoms with Gasteiger partial charge in [-0.25, -0.2) is 4.79 Å². The lowest BCUT2D eigenvalue weighted by molar-refractivity contribution is -0.136. The summed E-state index contributed by atoms with van der Waals surface area (Å²) in [5, 5.41) is 0. The second kappa shape index (κ2) is 8.02. The first-order chi connectivity index (χ1) is 12.2. The molecule has 0 radical (unpaired) electrons. The molecule has 2 aromatic rings. The van der Waals surface area contributed by atoms with Crippen molar-refractivity contribution in [3.05, 3.63) is 77.5 Å². The highest BCUT2D eigenvalue weighted by atomic mass is 16.5. The number of ether oxygens (including phenoxy) is 1. The molecular formula is C22H25NO2. The zero-order valence-corrected chi connectivity index (χ0v) is 14.9. The lowest BCUT2D eigenvalue weighted by Gasteiger charge is -2.30. The van der Waals surface area contributed by atoms with Crippen molar-refractivity contribution in [3.63, 3.8) is 0 Å². The summed E-state index contributed by atoms with van der Waals surface area (Å²) in [5.41, 5.74) is 4.00. The van der Waals surface area contributed by atoms with Crippen LogP contribution in [0, 0.1) is 0 Å². The van der Waals surface area contributed by atoms with E-state index in [1.54, 1.807) is 0 Å². The largest absolute Gasteiger partial charge is 0.462 e. The maximum Gasteiger partial charge on any atom is 0.340 e. The SMILES string of the molecule is CCOC(=O)/C(=C1/CCCN1[C@@H](C)c1ccccc1)c1ccccc1. The standard InChI is InChI=1S/C22H25NO2/c1-3-25-22(24)21(19-13-8-5-9-14-19)20-15-10-16-23(20)17(2)18-11-6-4-7-12-18/h4-9,11-14,17H,3,10,15-16H2,1-2H3/b21-20-/t17-/m0/s1. The van der Waals surface area contributed by atoms with Gasteiger partial charge in [0, 0.05) is 12.2 Å². The normalized spacial score (nSPS) is 17.3. The number of nitrogens with zero attached hydrogens (tertiary/aromatic N) is 1. The highest BCUT2D eigenvalue weighted by Crippen LogP contribution is 2.36. The Hall–Kier alpha value is -2.55. The van der Waals surface area contributed by atoms with Crippen LogP contribution in [0.4, 0.5) is 0 Å². The Morgan fingerprint density at radius 2 is 1.72 bits per heavy atom. The van der Waals surface area contributed by atoms with Crippen molar-refractivity contribution in [2.24, 2.45) is 0 Å². The van der Waals surface area contributed by atoms with E-state index in [2.05, 4.69) is 36.1 Å². The summed E-state index contributed by atoms with van der Waals surface area (Å²) in [6.07, 6.45) is 1.96. The minimum absolute atomic E-state index is 0.226. The van der Waals surface area contributed by atoms with E-state index >= 15 is 0 Å². The molecule has 1 aliphatic rings. The lowest BCUT2D eigenvalue weighted by Crippen LogP contribution is -2.24. The van der Waals surface area contributed by atoms with E-state index in [1.807, 2.05) is 43.3 Å². The number of allylic oxidation sites excluding steroid dienone is 1. The second-order valence-electron chi connectivity index (χ2n) is 6.29. The zero-order valence-electron chi connectivity index (χ0n) is 14.9. The van der Waals surface area contributed by atoms with Crippen LogP contribution in [0.1, 0.15) is 43.9 Å². The molecule has 3 heteroatoms. The topological polar surface area (TPSA) is 29.5 Å². The summed E-state index contributed by atoms with van der Waals surface area (Å²) in [4.78, 5) is 15.1. The molecule has 25 heavy (non-hydrogen) atoms. The lowest BCUT2D eigenvalue weighted by atomic mass is 10.0. The van der Waals surface area contributed by atoms with Gasteiger partial charge in [0.2, 0.25) is 0 Å². The number of hydrogen-bond acceptors (Lipinski definition) is 3. The highest BCUT2D eigenvalue weighted by molar-refractivity contribution is 6.17. The first kappa shape index (κ1) is 17.3. The Labute approximate surface area is 149 Å². The van der Waals surface area contributed by atoms with Crippen LogP contribution in [0.3, 0.4) is 0 Å². The average molecular weight is 335 g/mol. The smallest absolute Gasteiger partial charge is 0.340 e. The molecule has 0 bridgehead atoms. The fraction of sp³-hybridized carbons (Fsp3) is 0.318. The summed E-state index contributed by atoms with van der Waals surface area (Å²) in [7, 11) is 0. The molecule has 1 aliphatic heterocycles. The fourth-order valence-corrected chi connectivity index (χ4v) is 3.51. The first-order valence-electron chi connectivity index (χ1n) is 8.99. The molecule has 1 atom stereocenters. The van der Waals surface area contributed by atoms with Crippen molar-refractivity contribution in [1.29, 1.82) is 0 Å². The van der Waals surface area contributed by atoms with Crippen LogP contribution < -0.4 is 0 Å². The maximum atomic E-state index is 12.7. The molecule has 1 saturated heterocycles. The van der Waals surface area contributed by atoms with Gasteiger partial charge in [-0.05, 0) is 37.8 Å². The number of carbonyl (C=O) groups is 1. The Balaban J connectivity index is 2.04. The predicted molar refractivity (Wildman–Crippen MR) is 101 cm³/mol. The van der Waals surface area contributed by atoms with Crippen molar-refractivity contribution in [2.75, 3.05) is 13.2 Å². The van der Waals surface area contributed by atoms with Crippen molar-refractivity contribution in [2.45, 2.75) is 32.7 Å². The predicted octanol–water partition coefficient (Wildman–Crippen LogP) is 4.82. The third kappa shape index (κ3) is 3.76. The summed E-state index contributed by atoms with van der Waals surface area (Å²) >= 11 is 0. The maximum absolute atomic E-state index is 12.7. The molecule has 0 aromatic heterocycles. The minimum Gasteiger partial charge on any atom is -0.462 e. The Morgan fingerprint density at radius 3 is 2.36 bits per heavy atom. The van der Waals surface area contributed by atoms with Gasteiger partial charge in [0.05, 0.1) is 18.2 Å². The van der Waals surface area contributed by atoms with Crippen molar-refractivity contribution >= 4 is 11.5 Å². The minimum atomic E-state index is -0.226. The van der Waals surface area contributed by atoms with Gasteiger partial charge in [0.25, 0.3) is 0 Å². The molecule has 0 saturated carbocycles. The molecule has 130 valence electrons. The van der Waals surface area contributed by atoms with E-state index in [-0.39, 0.29) is 12.0 Å². The third-order valence-corrected chi connectivity index (χ3v) is 4.74. The molecule has 0 unspecified atom stereocenters. The van der Waals surface area contributed by atoms with Crippen molar-refractivity contribution in [1.82, 2.24) is 4.90 Å². The van der Waals surface area contributed by atoms with Crippen LogP contribution >= 0.6 is 0 Å². The Kier molecular flexibility index (Phi) is 5.54. The quantitative estimate of drug-likeness (QED) is 0.580.